The number of Topliss-reactive ketones (excluding diaryl/α,β-unsaturated/α-hetero) is 1. The number of rotatable bonds is 6. The van der Waals surface area contributed by atoms with E-state index in [4.69, 9.17) is 9.47 Å². The average molecular weight is 389 g/mol. The molecule has 1 fully saturated rings. The molecule has 28 heavy (non-hydrogen) atoms. The Labute approximate surface area is 167 Å². The van der Waals surface area contributed by atoms with E-state index in [9.17, 15) is 14.4 Å². The van der Waals surface area contributed by atoms with E-state index < -0.39 is 23.7 Å². The Morgan fingerprint density at radius 1 is 1.07 bits per heavy atom. The minimum absolute atomic E-state index is 0.270. The molecule has 0 aliphatic heterocycles. The van der Waals surface area contributed by atoms with Gasteiger partial charge in [0.15, 0.2) is 12.4 Å². The van der Waals surface area contributed by atoms with Gasteiger partial charge in [0.1, 0.15) is 11.6 Å². The van der Waals surface area contributed by atoms with Crippen molar-refractivity contribution in [1.29, 1.82) is 0 Å². The summed E-state index contributed by atoms with van der Waals surface area (Å²) in [6.07, 6.45) is 5.52. The molecule has 6 nitrogen and oxygen atoms in total. The fraction of sp³-hybridized carbons (Fsp3) is 0.591. The van der Waals surface area contributed by atoms with Gasteiger partial charge in [0.05, 0.1) is 0 Å². The van der Waals surface area contributed by atoms with Crippen molar-refractivity contribution in [3.63, 3.8) is 0 Å². The van der Waals surface area contributed by atoms with Crippen LogP contribution in [0.2, 0.25) is 0 Å². The molecule has 1 amide bonds. The van der Waals surface area contributed by atoms with Gasteiger partial charge in [-0.1, -0.05) is 43.5 Å². The zero-order chi connectivity index (χ0) is 20.7. The first-order chi connectivity index (χ1) is 13.2. The summed E-state index contributed by atoms with van der Waals surface area (Å²) in [6, 6.07) is 6.68. The van der Waals surface area contributed by atoms with Gasteiger partial charge in [0.2, 0.25) is 0 Å². The molecule has 1 aliphatic carbocycles. The first-order valence-corrected chi connectivity index (χ1v) is 9.95. The van der Waals surface area contributed by atoms with Crippen LogP contribution < -0.4 is 5.32 Å². The largest absolute Gasteiger partial charge is 0.456 e. The molecule has 1 aromatic rings. The summed E-state index contributed by atoms with van der Waals surface area (Å²) in [4.78, 5) is 36.0. The highest BCUT2D eigenvalue weighted by Gasteiger charge is 2.23. The highest BCUT2D eigenvalue weighted by atomic mass is 16.6. The van der Waals surface area contributed by atoms with Gasteiger partial charge < -0.3 is 14.8 Å². The van der Waals surface area contributed by atoms with Crippen LogP contribution in [0, 0.1) is 0 Å². The van der Waals surface area contributed by atoms with Crippen molar-refractivity contribution < 1.29 is 23.9 Å². The second kappa shape index (κ2) is 9.71. The van der Waals surface area contributed by atoms with Crippen LogP contribution in [0.15, 0.2) is 24.3 Å². The first-order valence-electron chi connectivity index (χ1n) is 9.95. The number of hydrogen-bond acceptors (Lipinski definition) is 5. The lowest BCUT2D eigenvalue weighted by Crippen LogP contribution is -2.42. The SMILES string of the molecule is C[C@H](NC(=O)OC(C)(C)C)C(=O)OCC(=O)c1ccc(C2CCCCC2)cc1. The number of amides is 1. The van der Waals surface area contributed by atoms with E-state index in [0.29, 0.717) is 11.5 Å². The molecule has 1 aliphatic rings. The summed E-state index contributed by atoms with van der Waals surface area (Å²) in [5.41, 5.74) is 1.12. The summed E-state index contributed by atoms with van der Waals surface area (Å²) in [5, 5.41) is 2.40. The number of esters is 1. The molecule has 0 heterocycles. The van der Waals surface area contributed by atoms with Crippen LogP contribution in [0.25, 0.3) is 0 Å². The van der Waals surface area contributed by atoms with Gasteiger partial charge in [-0.3, -0.25) is 4.79 Å². The highest BCUT2D eigenvalue weighted by Crippen LogP contribution is 2.32. The van der Waals surface area contributed by atoms with Crippen molar-refractivity contribution >= 4 is 17.8 Å². The third kappa shape index (κ3) is 6.98. The average Bonchev–Trinajstić information content (AvgIpc) is 2.65. The quantitative estimate of drug-likeness (QED) is 0.577. The van der Waals surface area contributed by atoms with Crippen LogP contribution >= 0.6 is 0 Å². The Bertz CT molecular complexity index is 684. The number of ketones is 1. The lowest BCUT2D eigenvalue weighted by molar-refractivity contribution is -0.144. The van der Waals surface area contributed by atoms with Crippen molar-refractivity contribution in [2.24, 2.45) is 0 Å². The fourth-order valence-corrected chi connectivity index (χ4v) is 3.27. The maximum Gasteiger partial charge on any atom is 0.408 e. The molecule has 1 N–H and O–H groups in total. The van der Waals surface area contributed by atoms with Gasteiger partial charge in [0.25, 0.3) is 0 Å². The Kier molecular flexibility index (Phi) is 7.61. The molecule has 6 heteroatoms. The molecule has 2 rings (SSSR count). The van der Waals surface area contributed by atoms with Crippen LogP contribution in [-0.2, 0) is 14.3 Å². The van der Waals surface area contributed by atoms with Gasteiger partial charge in [-0.15, -0.1) is 0 Å². The van der Waals surface area contributed by atoms with Crippen LogP contribution in [0.5, 0.6) is 0 Å². The van der Waals surface area contributed by atoms with E-state index in [0.717, 1.165) is 0 Å². The highest BCUT2D eigenvalue weighted by molar-refractivity contribution is 5.98. The second-order valence-corrected chi connectivity index (χ2v) is 8.36. The van der Waals surface area contributed by atoms with Gasteiger partial charge in [0, 0.05) is 5.56 Å². The minimum atomic E-state index is -0.906. The Morgan fingerprint density at radius 2 is 1.68 bits per heavy atom. The summed E-state index contributed by atoms with van der Waals surface area (Å²) in [6.45, 7) is 6.31. The number of alkyl carbamates (subject to hydrolysis) is 1. The molecule has 0 spiro atoms. The number of ether oxygens (including phenoxy) is 2. The normalized spacial score (nSPS) is 16.1. The third-order valence-corrected chi connectivity index (χ3v) is 4.74. The Balaban J connectivity index is 1.80. The predicted molar refractivity (Wildman–Crippen MR) is 106 cm³/mol. The molecular formula is C22H31NO5. The van der Waals surface area contributed by atoms with Gasteiger partial charge in [-0.25, -0.2) is 9.59 Å². The topological polar surface area (TPSA) is 81.7 Å². The fourth-order valence-electron chi connectivity index (χ4n) is 3.27. The first kappa shape index (κ1) is 21.9. The number of nitrogens with one attached hydrogen (secondary N) is 1. The number of carbonyl (C=O) groups is 3. The molecule has 1 atom stereocenters. The molecule has 1 aromatic carbocycles. The van der Waals surface area contributed by atoms with Gasteiger partial charge in [-0.05, 0) is 52.0 Å². The van der Waals surface area contributed by atoms with Crippen LogP contribution in [0.3, 0.4) is 0 Å². The summed E-state index contributed by atoms with van der Waals surface area (Å²) in [5.74, 6) is -0.374. The van der Waals surface area contributed by atoms with Gasteiger partial charge in [-0.2, -0.15) is 0 Å². The molecule has 154 valence electrons. The maximum atomic E-state index is 12.3. The van der Waals surface area contributed by atoms with Crippen molar-refractivity contribution in [3.8, 4) is 0 Å². The maximum absolute atomic E-state index is 12.3. The van der Waals surface area contributed by atoms with Gasteiger partial charge >= 0.3 is 12.1 Å². The van der Waals surface area contributed by atoms with E-state index in [-0.39, 0.29) is 12.4 Å². The van der Waals surface area contributed by atoms with E-state index >= 15 is 0 Å². The molecule has 0 bridgehead atoms. The Morgan fingerprint density at radius 3 is 2.25 bits per heavy atom. The standard InChI is InChI=1S/C22H31NO5/c1-15(23-21(26)28-22(2,3)4)20(25)27-14-19(24)18-12-10-17(11-13-18)16-8-6-5-7-9-16/h10-13,15-16H,5-9,14H2,1-4H3,(H,23,26)/t15-/m0/s1. The number of benzene rings is 1. The lowest BCUT2D eigenvalue weighted by Gasteiger charge is -2.22. The smallest absolute Gasteiger partial charge is 0.408 e. The zero-order valence-corrected chi connectivity index (χ0v) is 17.2. The summed E-state index contributed by atoms with van der Waals surface area (Å²) < 4.78 is 10.1. The van der Waals surface area contributed by atoms with Crippen molar-refractivity contribution in [2.45, 2.75) is 77.4 Å². The van der Waals surface area contributed by atoms with Crippen LogP contribution in [-0.4, -0.2) is 36.1 Å². The van der Waals surface area contributed by atoms with Crippen molar-refractivity contribution in [2.75, 3.05) is 6.61 Å². The number of carbonyl (C=O) groups excluding carboxylic acids is 3. The third-order valence-electron chi connectivity index (χ3n) is 4.74. The van der Waals surface area contributed by atoms with E-state index in [1.54, 1.807) is 32.9 Å². The molecule has 0 saturated heterocycles. The zero-order valence-electron chi connectivity index (χ0n) is 17.2. The van der Waals surface area contributed by atoms with Crippen LogP contribution in [0.4, 0.5) is 4.79 Å². The molecule has 0 unspecified atom stereocenters. The predicted octanol–water partition coefficient (Wildman–Crippen LogP) is 4.37. The molecule has 0 aromatic heterocycles. The lowest BCUT2D eigenvalue weighted by atomic mass is 9.84. The minimum Gasteiger partial charge on any atom is -0.456 e. The van der Waals surface area contributed by atoms with E-state index in [2.05, 4.69) is 5.32 Å². The molecular weight excluding hydrogens is 358 g/mol. The number of hydrogen-bond donors (Lipinski definition) is 1. The van der Waals surface area contributed by atoms with Crippen LogP contribution in [0.1, 0.15) is 81.6 Å². The van der Waals surface area contributed by atoms with E-state index in [1.165, 1.54) is 44.6 Å². The van der Waals surface area contributed by atoms with Crippen molar-refractivity contribution in [1.82, 2.24) is 5.32 Å². The van der Waals surface area contributed by atoms with E-state index in [1.807, 2.05) is 12.1 Å². The molecule has 0 radical (unpaired) electrons. The summed E-state index contributed by atoms with van der Waals surface area (Å²) >= 11 is 0. The monoisotopic (exact) mass is 389 g/mol. The molecule has 1 saturated carbocycles. The summed E-state index contributed by atoms with van der Waals surface area (Å²) in [7, 11) is 0. The Hall–Kier alpha value is -2.37. The second-order valence-electron chi connectivity index (χ2n) is 8.36. The van der Waals surface area contributed by atoms with Crippen molar-refractivity contribution in [3.05, 3.63) is 35.4 Å².